The fourth-order valence-corrected chi connectivity index (χ4v) is 3.80. The van der Waals surface area contributed by atoms with E-state index in [4.69, 9.17) is 11.7 Å². The normalized spacial score (nSPS) is 11.7. The first-order valence-corrected chi connectivity index (χ1v) is 11.9. The molecule has 2 heterocycles. The topological polar surface area (TPSA) is 160 Å². The van der Waals surface area contributed by atoms with Gasteiger partial charge in [-0.3, -0.25) is 9.59 Å². The van der Waals surface area contributed by atoms with Crippen molar-refractivity contribution in [2.24, 2.45) is 16.8 Å². The average Bonchev–Trinajstić information content (AvgIpc) is 3.00. The fourth-order valence-electron chi connectivity index (χ4n) is 3.14. The molecular weight excluding hydrogens is 476 g/mol. The number of aromatic nitrogens is 2. The maximum absolute atomic E-state index is 12.8. The second-order valence-corrected chi connectivity index (χ2v) is 8.86. The van der Waals surface area contributed by atoms with Crippen LogP contribution in [0, 0.1) is 6.92 Å². The van der Waals surface area contributed by atoms with Crippen LogP contribution in [0.3, 0.4) is 0 Å². The van der Waals surface area contributed by atoms with Crippen molar-refractivity contribution < 1.29 is 9.59 Å². The number of aryl methyl sites for hydroxylation is 1. The molecule has 0 saturated heterocycles. The van der Waals surface area contributed by atoms with Gasteiger partial charge in [0.15, 0.2) is 5.84 Å². The van der Waals surface area contributed by atoms with Gasteiger partial charge in [0.25, 0.3) is 11.8 Å². The van der Waals surface area contributed by atoms with E-state index in [-0.39, 0.29) is 17.4 Å². The Balaban J connectivity index is 1.65. The molecule has 186 valence electrons. The SMILES string of the molecule is Cc1cccccc(CNC(=O)c2cc(C(=O)NC(C)c3ccc(/C(=N/N)NN)cc3)ncn2)cs1. The lowest BCUT2D eigenvalue weighted by molar-refractivity contribution is 0.0934. The van der Waals surface area contributed by atoms with Gasteiger partial charge in [-0.25, -0.2) is 15.8 Å². The van der Waals surface area contributed by atoms with Crippen LogP contribution in [0.25, 0.3) is 0 Å². The van der Waals surface area contributed by atoms with Crippen LogP contribution in [0.15, 0.2) is 77.5 Å². The third kappa shape index (κ3) is 7.32. The van der Waals surface area contributed by atoms with E-state index in [9.17, 15) is 9.59 Å². The van der Waals surface area contributed by atoms with Gasteiger partial charge in [-0.1, -0.05) is 48.5 Å². The Morgan fingerprint density at radius 3 is 2.42 bits per heavy atom. The van der Waals surface area contributed by atoms with E-state index < -0.39 is 11.8 Å². The zero-order valence-electron chi connectivity index (χ0n) is 19.9. The lowest BCUT2D eigenvalue weighted by Gasteiger charge is -2.15. The molecule has 0 spiro atoms. The van der Waals surface area contributed by atoms with Gasteiger partial charge in [-0.2, -0.15) is 5.10 Å². The number of amidine groups is 1. The molecular formula is C25H28N8O2S. The Hall–Kier alpha value is -4.35. The van der Waals surface area contributed by atoms with Crippen molar-refractivity contribution in [2.75, 3.05) is 0 Å². The number of carbonyl (C=O) groups is 2. The van der Waals surface area contributed by atoms with Gasteiger partial charge in [-0.05, 0) is 36.4 Å². The van der Waals surface area contributed by atoms with Gasteiger partial charge in [0.1, 0.15) is 17.7 Å². The summed E-state index contributed by atoms with van der Waals surface area (Å²) in [5, 5.41) is 11.3. The quantitative estimate of drug-likeness (QED) is 0.143. The van der Waals surface area contributed by atoms with Gasteiger partial charge in [0, 0.05) is 23.1 Å². The van der Waals surface area contributed by atoms with Crippen molar-refractivity contribution in [3.05, 3.63) is 105 Å². The van der Waals surface area contributed by atoms with Crippen molar-refractivity contribution in [1.29, 1.82) is 0 Å². The summed E-state index contributed by atoms with van der Waals surface area (Å²) in [5.41, 5.74) is 5.10. The number of benzene rings is 1. The lowest BCUT2D eigenvalue weighted by Crippen LogP contribution is -2.32. The van der Waals surface area contributed by atoms with Crippen LogP contribution in [0.2, 0.25) is 0 Å². The number of hydrogen-bond donors (Lipinski definition) is 5. The maximum Gasteiger partial charge on any atom is 0.270 e. The fraction of sp³-hybridized carbons (Fsp3) is 0.160. The standard InChI is InChI=1S/C25H28N8O2S/c1-16-6-4-3-5-7-18(14-36-16)13-28-24(34)21-12-22(30-15-29-21)25(35)31-17(2)19-8-10-20(11-9-19)23(32-26)33-27/h3-12,14-15,17H,13,26-27H2,1-2H3,(H,28,34)(H,31,35)(H,32,33). The van der Waals surface area contributed by atoms with E-state index >= 15 is 0 Å². The van der Waals surface area contributed by atoms with E-state index in [1.807, 2.05) is 61.7 Å². The summed E-state index contributed by atoms with van der Waals surface area (Å²) in [7, 11) is 0. The van der Waals surface area contributed by atoms with Gasteiger partial charge in [0.05, 0.1) is 6.04 Å². The molecule has 3 aromatic rings. The minimum absolute atomic E-state index is 0.0894. The number of hydrazone groups is 1. The minimum atomic E-state index is -0.428. The highest BCUT2D eigenvalue weighted by Gasteiger charge is 2.16. The van der Waals surface area contributed by atoms with Crippen molar-refractivity contribution >= 4 is 29.0 Å². The molecule has 3 rings (SSSR count). The summed E-state index contributed by atoms with van der Waals surface area (Å²) in [5.74, 6) is 10.2. The highest BCUT2D eigenvalue weighted by atomic mass is 32.1. The van der Waals surface area contributed by atoms with Crippen LogP contribution in [-0.2, 0) is 6.54 Å². The molecule has 1 aromatic carbocycles. The Bertz CT molecular complexity index is 1290. The molecule has 0 aliphatic carbocycles. The Kier molecular flexibility index (Phi) is 9.43. The van der Waals surface area contributed by atoms with Crippen molar-refractivity contribution in [3.8, 4) is 0 Å². The van der Waals surface area contributed by atoms with Gasteiger partial charge in [0.2, 0.25) is 0 Å². The van der Waals surface area contributed by atoms with Gasteiger partial charge in [-0.15, -0.1) is 11.3 Å². The molecule has 0 aliphatic heterocycles. The summed E-state index contributed by atoms with van der Waals surface area (Å²) < 4.78 is 0. The summed E-state index contributed by atoms with van der Waals surface area (Å²) in [6.45, 7) is 4.17. The summed E-state index contributed by atoms with van der Waals surface area (Å²) in [6.07, 6.45) is 1.20. The number of carbonyl (C=O) groups excluding carboxylic acids is 2. The number of nitrogens with one attached hydrogen (secondary N) is 3. The molecule has 0 fully saturated rings. The number of hydrogen-bond acceptors (Lipinski definition) is 8. The number of amides is 2. The maximum atomic E-state index is 12.8. The third-order valence-corrected chi connectivity index (χ3v) is 6.07. The molecule has 36 heavy (non-hydrogen) atoms. The Labute approximate surface area is 213 Å². The van der Waals surface area contributed by atoms with Crippen LogP contribution in [0.5, 0.6) is 0 Å². The smallest absolute Gasteiger partial charge is 0.270 e. The number of rotatable bonds is 7. The van der Waals surface area contributed by atoms with Crippen LogP contribution < -0.4 is 27.7 Å². The largest absolute Gasteiger partial charge is 0.347 e. The molecule has 0 saturated carbocycles. The van der Waals surface area contributed by atoms with E-state index in [1.165, 1.54) is 12.4 Å². The van der Waals surface area contributed by atoms with Crippen LogP contribution in [-0.4, -0.2) is 27.6 Å². The monoisotopic (exact) mass is 504 g/mol. The Morgan fingerprint density at radius 1 is 1.03 bits per heavy atom. The number of nitrogens with zero attached hydrogens (tertiary/aromatic N) is 3. The first-order valence-electron chi connectivity index (χ1n) is 11.0. The van der Waals surface area contributed by atoms with Crippen molar-refractivity contribution in [1.82, 2.24) is 26.0 Å². The lowest BCUT2D eigenvalue weighted by atomic mass is 10.1. The van der Waals surface area contributed by atoms with Crippen molar-refractivity contribution in [2.45, 2.75) is 26.4 Å². The molecule has 0 bridgehead atoms. The minimum Gasteiger partial charge on any atom is -0.347 e. The average molecular weight is 505 g/mol. The number of nitrogens with two attached hydrogens (primary N) is 2. The zero-order chi connectivity index (χ0) is 25.9. The zero-order valence-corrected chi connectivity index (χ0v) is 20.8. The van der Waals surface area contributed by atoms with Gasteiger partial charge < -0.3 is 21.9 Å². The van der Waals surface area contributed by atoms with Crippen LogP contribution in [0.1, 0.15) is 55.5 Å². The van der Waals surface area contributed by atoms with E-state index in [0.29, 0.717) is 17.9 Å². The summed E-state index contributed by atoms with van der Waals surface area (Å²) in [4.78, 5) is 34.6. The van der Waals surface area contributed by atoms with E-state index in [2.05, 4.69) is 31.1 Å². The molecule has 1 unspecified atom stereocenters. The second kappa shape index (κ2) is 12.9. The second-order valence-electron chi connectivity index (χ2n) is 7.74. The Morgan fingerprint density at radius 2 is 1.72 bits per heavy atom. The van der Waals surface area contributed by atoms with E-state index in [1.54, 1.807) is 23.5 Å². The molecule has 2 aromatic heterocycles. The van der Waals surface area contributed by atoms with Gasteiger partial charge >= 0.3 is 0 Å². The molecule has 2 amide bonds. The predicted octanol–water partition coefficient (Wildman–Crippen LogP) is 2.48. The highest BCUT2D eigenvalue weighted by Crippen LogP contribution is 2.14. The molecule has 10 nitrogen and oxygen atoms in total. The molecule has 7 N–H and O–H groups in total. The van der Waals surface area contributed by atoms with E-state index in [0.717, 1.165) is 16.0 Å². The third-order valence-electron chi connectivity index (χ3n) is 5.14. The number of hydrazine groups is 1. The van der Waals surface area contributed by atoms with Crippen LogP contribution in [0.4, 0.5) is 0 Å². The summed E-state index contributed by atoms with van der Waals surface area (Å²) >= 11 is 1.58. The first kappa shape index (κ1) is 26.3. The first-order chi connectivity index (χ1) is 17.4. The van der Waals surface area contributed by atoms with Crippen molar-refractivity contribution in [3.63, 3.8) is 0 Å². The molecule has 0 radical (unpaired) electrons. The molecule has 0 aliphatic rings. The highest BCUT2D eigenvalue weighted by molar-refractivity contribution is 7.09. The molecule has 1 atom stereocenters. The van der Waals surface area contributed by atoms with Crippen LogP contribution >= 0.6 is 11.3 Å². The molecule has 11 heteroatoms. The predicted molar refractivity (Wildman–Crippen MR) is 140 cm³/mol. The summed E-state index contributed by atoms with van der Waals surface area (Å²) in [6, 6.07) is 18.0.